The first-order valence-corrected chi connectivity index (χ1v) is 7.17. The number of hydrogen-bond acceptors (Lipinski definition) is 4. The van der Waals surface area contributed by atoms with E-state index >= 15 is 0 Å². The molecule has 21 heavy (non-hydrogen) atoms. The lowest BCUT2D eigenvalue weighted by Gasteiger charge is -2.33. The number of carboxylic acid groups (broad SMARTS) is 1. The average molecular weight is 306 g/mol. The lowest BCUT2D eigenvalue weighted by atomic mass is 9.99. The fraction of sp³-hybridized carbons (Fsp3) is 0.214. The summed E-state index contributed by atoms with van der Waals surface area (Å²) < 4.78 is 13.1. The number of rotatable bonds is 2. The van der Waals surface area contributed by atoms with E-state index in [1.165, 1.54) is 28.5 Å². The van der Waals surface area contributed by atoms with E-state index < -0.39 is 23.9 Å². The first-order valence-electron chi connectivity index (χ1n) is 6.29. The van der Waals surface area contributed by atoms with Gasteiger partial charge in [0, 0.05) is 29.2 Å². The number of carboxylic acids is 1. The highest BCUT2D eigenvalue weighted by atomic mass is 32.1. The average Bonchev–Trinajstić information content (AvgIpc) is 2.93. The Bertz CT molecular complexity index is 716. The maximum absolute atomic E-state index is 13.1. The minimum absolute atomic E-state index is 0.104. The summed E-state index contributed by atoms with van der Waals surface area (Å²) in [5.41, 5.74) is 0.744. The van der Waals surface area contributed by atoms with Gasteiger partial charge in [-0.1, -0.05) is 0 Å². The summed E-state index contributed by atoms with van der Waals surface area (Å²) in [6, 6.07) is 3.10. The zero-order chi connectivity index (χ0) is 15.0. The highest BCUT2D eigenvalue weighted by molar-refractivity contribution is 7.10. The van der Waals surface area contributed by atoms with Gasteiger partial charge >= 0.3 is 5.97 Å². The van der Waals surface area contributed by atoms with Crippen LogP contribution < -0.4 is 0 Å². The van der Waals surface area contributed by atoms with Crippen molar-refractivity contribution in [1.82, 2.24) is 9.88 Å². The van der Waals surface area contributed by atoms with Crippen LogP contribution in [0.4, 0.5) is 4.39 Å². The lowest BCUT2D eigenvalue weighted by molar-refractivity contribution is -0.142. The summed E-state index contributed by atoms with van der Waals surface area (Å²) in [6.07, 6.45) is 1.80. The number of carbonyl (C=O) groups excluding carboxylic acids is 1. The first kappa shape index (κ1) is 13.7. The van der Waals surface area contributed by atoms with Gasteiger partial charge in [-0.3, -0.25) is 4.79 Å². The quantitative estimate of drug-likeness (QED) is 0.863. The van der Waals surface area contributed by atoms with Crippen LogP contribution in [0.25, 0.3) is 0 Å². The minimum Gasteiger partial charge on any atom is -0.479 e. The number of hydrogen-bond donors (Lipinski definition) is 1. The van der Waals surface area contributed by atoms with Gasteiger partial charge in [0.05, 0.1) is 0 Å². The van der Waals surface area contributed by atoms with Crippen LogP contribution in [0, 0.1) is 5.95 Å². The Kier molecular flexibility index (Phi) is 3.42. The van der Waals surface area contributed by atoms with Gasteiger partial charge in [-0.05, 0) is 29.5 Å². The highest BCUT2D eigenvalue weighted by Gasteiger charge is 2.37. The Morgan fingerprint density at radius 2 is 2.24 bits per heavy atom. The number of fused-ring (bicyclic) bond motifs is 1. The zero-order valence-corrected chi connectivity index (χ0v) is 11.6. The third kappa shape index (κ3) is 2.40. The van der Waals surface area contributed by atoms with E-state index in [1.807, 2.05) is 5.38 Å². The van der Waals surface area contributed by atoms with Gasteiger partial charge in [-0.2, -0.15) is 4.39 Å². The topological polar surface area (TPSA) is 70.5 Å². The van der Waals surface area contributed by atoms with Crippen molar-refractivity contribution < 1.29 is 19.1 Å². The Morgan fingerprint density at radius 3 is 2.95 bits per heavy atom. The second kappa shape index (κ2) is 5.25. The van der Waals surface area contributed by atoms with Crippen LogP contribution in [-0.2, 0) is 11.2 Å². The van der Waals surface area contributed by atoms with Crippen molar-refractivity contribution in [1.29, 1.82) is 0 Å². The fourth-order valence-electron chi connectivity index (χ4n) is 2.50. The minimum atomic E-state index is -1.09. The predicted octanol–water partition coefficient (Wildman–Crippen LogP) is 2.11. The zero-order valence-electron chi connectivity index (χ0n) is 10.8. The molecule has 1 unspecified atom stereocenters. The van der Waals surface area contributed by atoms with Gasteiger partial charge in [0.1, 0.15) is 0 Å². The monoisotopic (exact) mass is 306 g/mol. The summed E-state index contributed by atoms with van der Waals surface area (Å²) in [5.74, 6) is -2.35. The van der Waals surface area contributed by atoms with Gasteiger partial charge < -0.3 is 10.0 Å². The largest absolute Gasteiger partial charge is 0.479 e. The van der Waals surface area contributed by atoms with E-state index in [0.29, 0.717) is 18.5 Å². The van der Waals surface area contributed by atoms with Crippen molar-refractivity contribution in [3.63, 3.8) is 0 Å². The van der Waals surface area contributed by atoms with Crippen molar-refractivity contribution in [3.05, 3.63) is 51.7 Å². The van der Waals surface area contributed by atoms with E-state index in [9.17, 15) is 19.1 Å². The molecule has 1 aliphatic heterocycles. The van der Waals surface area contributed by atoms with Crippen molar-refractivity contribution in [3.8, 4) is 0 Å². The van der Waals surface area contributed by atoms with Crippen molar-refractivity contribution in [2.75, 3.05) is 6.54 Å². The van der Waals surface area contributed by atoms with Crippen LogP contribution in [0.1, 0.15) is 26.8 Å². The first-order chi connectivity index (χ1) is 10.1. The van der Waals surface area contributed by atoms with Gasteiger partial charge in [0.15, 0.2) is 6.04 Å². The molecule has 0 radical (unpaired) electrons. The molecule has 3 heterocycles. The number of amides is 1. The van der Waals surface area contributed by atoms with Crippen LogP contribution in [0.2, 0.25) is 0 Å². The molecule has 0 aliphatic carbocycles. The summed E-state index contributed by atoms with van der Waals surface area (Å²) in [5, 5.41) is 11.3. The van der Waals surface area contributed by atoms with Gasteiger partial charge in [0.2, 0.25) is 5.95 Å². The van der Waals surface area contributed by atoms with Crippen molar-refractivity contribution >= 4 is 23.2 Å². The van der Waals surface area contributed by atoms with Crippen LogP contribution in [0.5, 0.6) is 0 Å². The molecule has 5 nitrogen and oxygen atoms in total. The molecule has 7 heteroatoms. The van der Waals surface area contributed by atoms with Gasteiger partial charge in [-0.15, -0.1) is 11.3 Å². The SMILES string of the molecule is O=C(O)C1c2ccsc2CCN1C(=O)c1ccnc(F)c1. The van der Waals surface area contributed by atoms with Gasteiger partial charge in [0.25, 0.3) is 5.91 Å². The number of carbonyl (C=O) groups is 2. The molecular formula is C14H11FN2O3S. The summed E-state index contributed by atoms with van der Waals surface area (Å²) in [7, 11) is 0. The molecule has 3 rings (SSSR count). The van der Waals surface area contributed by atoms with E-state index in [1.54, 1.807) is 6.07 Å². The normalized spacial score (nSPS) is 17.4. The Balaban J connectivity index is 1.98. The standard InChI is InChI=1S/C14H11FN2O3S/c15-11-7-8(1-4-16-11)13(18)17-5-2-10-9(3-6-21-10)12(17)14(19)20/h1,3-4,6-7,12H,2,5H2,(H,19,20). The van der Waals surface area contributed by atoms with E-state index in [0.717, 1.165) is 10.9 Å². The van der Waals surface area contributed by atoms with Crippen molar-refractivity contribution in [2.24, 2.45) is 0 Å². The lowest BCUT2D eigenvalue weighted by Crippen LogP contribution is -2.43. The Morgan fingerprint density at radius 1 is 1.43 bits per heavy atom. The molecule has 0 bridgehead atoms. The smallest absolute Gasteiger partial charge is 0.331 e. The molecule has 0 spiro atoms. The third-order valence-electron chi connectivity index (χ3n) is 3.43. The number of pyridine rings is 1. The summed E-state index contributed by atoms with van der Waals surface area (Å²) >= 11 is 1.49. The van der Waals surface area contributed by atoms with Crippen molar-refractivity contribution in [2.45, 2.75) is 12.5 Å². The number of aromatic nitrogens is 1. The second-order valence-electron chi connectivity index (χ2n) is 4.66. The van der Waals surface area contributed by atoms with Crippen LogP contribution in [-0.4, -0.2) is 33.4 Å². The molecule has 1 aliphatic rings. The number of thiophene rings is 1. The van der Waals surface area contributed by atoms with E-state index in [2.05, 4.69) is 4.98 Å². The van der Waals surface area contributed by atoms with Crippen LogP contribution in [0.15, 0.2) is 29.8 Å². The fourth-order valence-corrected chi connectivity index (χ4v) is 3.41. The van der Waals surface area contributed by atoms with E-state index in [-0.39, 0.29) is 5.56 Å². The summed E-state index contributed by atoms with van der Waals surface area (Å²) in [6.45, 7) is 0.299. The van der Waals surface area contributed by atoms with Crippen LogP contribution in [0.3, 0.4) is 0 Å². The Hall–Kier alpha value is -2.28. The number of aliphatic carboxylic acids is 1. The summed E-state index contributed by atoms with van der Waals surface area (Å²) in [4.78, 5) is 29.7. The maximum Gasteiger partial charge on any atom is 0.331 e. The molecule has 2 aromatic rings. The second-order valence-corrected chi connectivity index (χ2v) is 5.66. The molecule has 1 N–H and O–H groups in total. The molecule has 0 saturated carbocycles. The number of nitrogens with zero attached hydrogens (tertiary/aromatic N) is 2. The maximum atomic E-state index is 13.1. The van der Waals surface area contributed by atoms with Gasteiger partial charge in [-0.25, -0.2) is 9.78 Å². The van der Waals surface area contributed by atoms with Crippen LogP contribution >= 0.6 is 11.3 Å². The molecule has 108 valence electrons. The van der Waals surface area contributed by atoms with E-state index in [4.69, 9.17) is 0 Å². The molecule has 0 aromatic carbocycles. The molecule has 1 amide bonds. The number of halogens is 1. The molecule has 0 saturated heterocycles. The molecule has 1 atom stereocenters. The predicted molar refractivity (Wildman–Crippen MR) is 73.6 cm³/mol. The Labute approximate surface area is 123 Å². The highest BCUT2D eigenvalue weighted by Crippen LogP contribution is 2.34. The third-order valence-corrected chi connectivity index (χ3v) is 4.43. The molecular weight excluding hydrogens is 295 g/mol. The molecule has 2 aromatic heterocycles. The molecule has 0 fully saturated rings.